The summed E-state index contributed by atoms with van der Waals surface area (Å²) in [6.07, 6.45) is 8.72. The molecule has 0 unspecified atom stereocenters. The van der Waals surface area contributed by atoms with Crippen LogP contribution in [0.5, 0.6) is 11.5 Å². The van der Waals surface area contributed by atoms with Crippen LogP contribution in [0.3, 0.4) is 0 Å². The molecular formula is C24H23N5O2. The average Bonchev–Trinajstić information content (AvgIpc) is 2.83. The summed E-state index contributed by atoms with van der Waals surface area (Å²) >= 11 is 0. The fraction of sp³-hybridized carbons (Fsp3) is 0.250. The number of nitrogens with zero attached hydrogens (tertiary/aromatic N) is 4. The molecule has 0 saturated heterocycles. The van der Waals surface area contributed by atoms with Crippen LogP contribution in [0.4, 0.5) is 5.82 Å². The Labute approximate surface area is 180 Å². The number of benzene rings is 1. The lowest BCUT2D eigenvalue weighted by atomic mass is 9.91. The topological polar surface area (TPSA) is 82.1 Å². The summed E-state index contributed by atoms with van der Waals surface area (Å²) in [5, 5.41) is 12.9. The first-order valence-corrected chi connectivity index (χ1v) is 10.3. The highest BCUT2D eigenvalue weighted by Crippen LogP contribution is 2.36. The molecule has 0 spiro atoms. The molecule has 3 aromatic heterocycles. The predicted octanol–water partition coefficient (Wildman–Crippen LogP) is 4.59. The molecule has 5 rings (SSSR count). The van der Waals surface area contributed by atoms with Gasteiger partial charge in [-0.2, -0.15) is 10.2 Å². The molecule has 31 heavy (non-hydrogen) atoms. The molecule has 0 saturated carbocycles. The number of ether oxygens (including phenoxy) is 2. The second-order valence-corrected chi connectivity index (χ2v) is 7.54. The lowest BCUT2D eigenvalue weighted by Gasteiger charge is -2.26. The molecular weight excluding hydrogens is 390 g/mol. The van der Waals surface area contributed by atoms with E-state index < -0.39 is 0 Å². The van der Waals surface area contributed by atoms with Gasteiger partial charge in [0.1, 0.15) is 5.82 Å². The van der Waals surface area contributed by atoms with Gasteiger partial charge in [-0.1, -0.05) is 6.07 Å². The minimum absolute atomic E-state index is 0.232. The van der Waals surface area contributed by atoms with Crippen molar-refractivity contribution in [1.82, 2.24) is 20.2 Å². The minimum Gasteiger partial charge on any atom is -0.493 e. The number of anilines is 1. The maximum atomic E-state index is 5.46. The summed E-state index contributed by atoms with van der Waals surface area (Å²) in [4.78, 5) is 9.20. The van der Waals surface area contributed by atoms with Crippen LogP contribution in [0.25, 0.3) is 22.0 Å². The first-order chi connectivity index (χ1) is 15.3. The summed E-state index contributed by atoms with van der Waals surface area (Å²) in [7, 11) is 3.23. The predicted molar refractivity (Wildman–Crippen MR) is 119 cm³/mol. The van der Waals surface area contributed by atoms with Crippen molar-refractivity contribution in [2.45, 2.75) is 25.3 Å². The molecule has 1 N–H and O–H groups in total. The zero-order valence-corrected chi connectivity index (χ0v) is 17.5. The zero-order chi connectivity index (χ0) is 21.2. The van der Waals surface area contributed by atoms with Gasteiger partial charge in [-0.3, -0.25) is 4.98 Å². The van der Waals surface area contributed by atoms with Crippen LogP contribution < -0.4 is 14.8 Å². The SMILES string of the molecule is COc1cc2nncc(-c3ccc(N[C@H]4CCCc5ncccc54)nc3)c2cc1OC. The largest absolute Gasteiger partial charge is 0.493 e. The highest BCUT2D eigenvalue weighted by atomic mass is 16.5. The van der Waals surface area contributed by atoms with Crippen molar-refractivity contribution in [3.8, 4) is 22.6 Å². The summed E-state index contributed by atoms with van der Waals surface area (Å²) in [5.41, 5.74) is 5.09. The molecule has 4 aromatic rings. The Hall–Kier alpha value is -3.74. The zero-order valence-electron chi connectivity index (χ0n) is 17.5. The molecule has 0 aliphatic heterocycles. The molecule has 0 radical (unpaired) electrons. The van der Waals surface area contributed by atoms with E-state index in [0.29, 0.717) is 11.5 Å². The number of rotatable bonds is 5. The number of nitrogens with one attached hydrogen (secondary N) is 1. The van der Waals surface area contributed by atoms with E-state index >= 15 is 0 Å². The van der Waals surface area contributed by atoms with Gasteiger partial charge in [-0.05, 0) is 49.1 Å². The Balaban J connectivity index is 1.45. The van der Waals surface area contributed by atoms with Crippen LogP contribution in [0, 0.1) is 0 Å². The van der Waals surface area contributed by atoms with Crippen molar-refractivity contribution < 1.29 is 9.47 Å². The van der Waals surface area contributed by atoms with E-state index in [0.717, 1.165) is 47.1 Å². The maximum Gasteiger partial charge on any atom is 0.162 e. The smallest absolute Gasteiger partial charge is 0.162 e. The summed E-state index contributed by atoms with van der Waals surface area (Å²) in [6.45, 7) is 0. The van der Waals surface area contributed by atoms with Crippen LogP contribution in [-0.2, 0) is 6.42 Å². The first kappa shape index (κ1) is 19.2. The van der Waals surface area contributed by atoms with Crippen molar-refractivity contribution in [3.05, 3.63) is 66.2 Å². The van der Waals surface area contributed by atoms with Crippen LogP contribution in [0.2, 0.25) is 0 Å². The van der Waals surface area contributed by atoms with E-state index in [9.17, 15) is 0 Å². The lowest BCUT2D eigenvalue weighted by molar-refractivity contribution is 0.356. The standard InChI is InChI=1S/C24H23N5O2/c1-30-22-11-17-18(14-27-29-21(17)12-23(22)31-2)15-8-9-24(26-13-15)28-20-7-3-6-19-16(20)5-4-10-25-19/h4-5,8-14,20H,3,6-7H2,1-2H3,(H,26,28)/t20-/m0/s1. The van der Waals surface area contributed by atoms with Crippen molar-refractivity contribution >= 4 is 16.7 Å². The number of hydrogen-bond donors (Lipinski definition) is 1. The summed E-state index contributed by atoms with van der Waals surface area (Å²) < 4.78 is 10.8. The van der Waals surface area contributed by atoms with Gasteiger partial charge >= 0.3 is 0 Å². The highest BCUT2D eigenvalue weighted by Gasteiger charge is 2.21. The molecule has 0 bridgehead atoms. The van der Waals surface area contributed by atoms with Gasteiger partial charge in [-0.15, -0.1) is 0 Å². The van der Waals surface area contributed by atoms with E-state index in [2.05, 4.69) is 37.6 Å². The molecule has 1 aromatic carbocycles. The van der Waals surface area contributed by atoms with Gasteiger partial charge in [0.15, 0.2) is 11.5 Å². The fourth-order valence-corrected chi connectivity index (χ4v) is 4.19. The number of aromatic nitrogens is 4. The molecule has 7 nitrogen and oxygen atoms in total. The van der Waals surface area contributed by atoms with E-state index in [1.165, 1.54) is 11.3 Å². The maximum absolute atomic E-state index is 5.46. The van der Waals surface area contributed by atoms with E-state index in [1.54, 1.807) is 20.4 Å². The number of hydrogen-bond acceptors (Lipinski definition) is 7. The van der Waals surface area contributed by atoms with Crippen molar-refractivity contribution in [3.63, 3.8) is 0 Å². The monoisotopic (exact) mass is 413 g/mol. The molecule has 3 heterocycles. The summed E-state index contributed by atoms with van der Waals surface area (Å²) in [5.74, 6) is 2.12. The van der Waals surface area contributed by atoms with Crippen LogP contribution in [0.15, 0.2) is 55.0 Å². The Kier molecular flexibility index (Phi) is 5.08. The average molecular weight is 413 g/mol. The van der Waals surface area contributed by atoms with Gasteiger partial charge < -0.3 is 14.8 Å². The van der Waals surface area contributed by atoms with Gasteiger partial charge in [0.25, 0.3) is 0 Å². The Morgan fingerprint density at radius 3 is 2.68 bits per heavy atom. The van der Waals surface area contributed by atoms with Crippen molar-refractivity contribution in [2.75, 3.05) is 19.5 Å². The molecule has 1 atom stereocenters. The van der Waals surface area contributed by atoms with E-state index in [1.807, 2.05) is 36.7 Å². The number of methoxy groups -OCH3 is 2. The second-order valence-electron chi connectivity index (χ2n) is 7.54. The minimum atomic E-state index is 0.232. The number of aryl methyl sites for hydroxylation is 1. The first-order valence-electron chi connectivity index (χ1n) is 10.3. The second kappa shape index (κ2) is 8.18. The van der Waals surface area contributed by atoms with Crippen LogP contribution in [0.1, 0.15) is 30.1 Å². The third-order valence-corrected chi connectivity index (χ3v) is 5.75. The molecule has 1 aliphatic rings. The van der Waals surface area contributed by atoms with Gasteiger partial charge in [0.05, 0.1) is 32.0 Å². The molecule has 0 fully saturated rings. The van der Waals surface area contributed by atoms with Crippen LogP contribution >= 0.6 is 0 Å². The third kappa shape index (κ3) is 3.63. The Morgan fingerprint density at radius 1 is 1.00 bits per heavy atom. The van der Waals surface area contributed by atoms with Gasteiger partial charge in [0.2, 0.25) is 0 Å². The number of fused-ring (bicyclic) bond motifs is 2. The molecule has 1 aliphatic carbocycles. The van der Waals surface area contributed by atoms with E-state index in [-0.39, 0.29) is 6.04 Å². The quantitative estimate of drug-likeness (QED) is 0.512. The van der Waals surface area contributed by atoms with Gasteiger partial charge in [-0.25, -0.2) is 4.98 Å². The molecule has 156 valence electrons. The Bertz CT molecular complexity index is 1230. The highest BCUT2D eigenvalue weighted by molar-refractivity contribution is 5.95. The van der Waals surface area contributed by atoms with Crippen molar-refractivity contribution in [1.29, 1.82) is 0 Å². The molecule has 0 amide bonds. The molecule has 7 heteroatoms. The Morgan fingerprint density at radius 2 is 1.87 bits per heavy atom. The normalized spacial score (nSPS) is 15.4. The fourth-order valence-electron chi connectivity index (χ4n) is 4.19. The summed E-state index contributed by atoms with van der Waals surface area (Å²) in [6, 6.07) is 12.2. The van der Waals surface area contributed by atoms with Crippen molar-refractivity contribution in [2.24, 2.45) is 0 Å². The van der Waals surface area contributed by atoms with Crippen LogP contribution in [-0.4, -0.2) is 34.4 Å². The third-order valence-electron chi connectivity index (χ3n) is 5.75. The van der Waals surface area contributed by atoms with Gasteiger partial charge in [0, 0.05) is 40.7 Å². The lowest BCUT2D eigenvalue weighted by Crippen LogP contribution is -2.18. The number of pyridine rings is 2. The van der Waals surface area contributed by atoms with E-state index in [4.69, 9.17) is 9.47 Å².